The maximum Gasteiger partial charge on any atom is 0.347 e. The van der Waals surface area contributed by atoms with Crippen LogP contribution < -0.4 is 11.4 Å². The highest BCUT2D eigenvalue weighted by Gasteiger charge is 2.11. The summed E-state index contributed by atoms with van der Waals surface area (Å²) in [5.74, 6) is 0.482. The summed E-state index contributed by atoms with van der Waals surface area (Å²) in [6, 6.07) is 5.33. The number of aromatic amines is 1. The highest BCUT2D eigenvalue weighted by molar-refractivity contribution is 6.30. The number of aromatic nitrogens is 3. The maximum absolute atomic E-state index is 11.6. The molecule has 0 fully saturated rings. The van der Waals surface area contributed by atoms with Gasteiger partial charge >= 0.3 is 5.69 Å². The summed E-state index contributed by atoms with van der Waals surface area (Å²) < 4.78 is 1.43. The van der Waals surface area contributed by atoms with Crippen molar-refractivity contribution in [3.05, 3.63) is 45.1 Å². The Labute approximate surface area is 96.8 Å². The first-order valence-electron chi connectivity index (χ1n) is 4.76. The molecule has 5 nitrogen and oxygen atoms in total. The molecule has 84 valence electrons. The number of nitrogens with two attached hydrogens (primary N) is 1. The number of rotatable bonds is 2. The van der Waals surface area contributed by atoms with Gasteiger partial charge in [-0.25, -0.2) is 14.5 Å². The van der Waals surface area contributed by atoms with Gasteiger partial charge in [0, 0.05) is 5.02 Å². The molecule has 2 rings (SSSR count). The van der Waals surface area contributed by atoms with Gasteiger partial charge in [-0.05, 0) is 24.6 Å². The normalized spacial score (nSPS) is 10.7. The number of H-pyrrole nitrogens is 1. The quantitative estimate of drug-likeness (QED) is 0.819. The minimum atomic E-state index is -0.314. The molecule has 0 aliphatic carbocycles. The van der Waals surface area contributed by atoms with Gasteiger partial charge in [-0.15, -0.1) is 0 Å². The van der Waals surface area contributed by atoms with E-state index in [2.05, 4.69) is 10.2 Å². The van der Waals surface area contributed by atoms with Crippen molar-refractivity contribution < 1.29 is 0 Å². The SMILES string of the molecule is Cc1ccc(Cl)cc1-n1c(CN)n[nH]c1=O. The third kappa shape index (κ3) is 1.75. The number of benzene rings is 1. The zero-order valence-corrected chi connectivity index (χ0v) is 9.45. The van der Waals surface area contributed by atoms with Crippen LogP contribution >= 0.6 is 11.6 Å². The number of aryl methyl sites for hydroxylation is 1. The van der Waals surface area contributed by atoms with E-state index in [0.717, 1.165) is 5.56 Å². The maximum atomic E-state index is 11.6. The van der Waals surface area contributed by atoms with Crippen LogP contribution in [0.5, 0.6) is 0 Å². The zero-order valence-electron chi connectivity index (χ0n) is 8.70. The number of hydrogen-bond donors (Lipinski definition) is 2. The largest absolute Gasteiger partial charge is 0.347 e. The van der Waals surface area contributed by atoms with Crippen LogP contribution in [-0.4, -0.2) is 14.8 Å². The van der Waals surface area contributed by atoms with Crippen LogP contribution in [0.25, 0.3) is 5.69 Å². The average molecular weight is 239 g/mol. The third-order valence-corrected chi connectivity index (χ3v) is 2.57. The van der Waals surface area contributed by atoms with Gasteiger partial charge < -0.3 is 5.73 Å². The fourth-order valence-electron chi connectivity index (χ4n) is 1.54. The summed E-state index contributed by atoms with van der Waals surface area (Å²) in [4.78, 5) is 11.6. The lowest BCUT2D eigenvalue weighted by Gasteiger charge is -2.08. The first-order valence-corrected chi connectivity index (χ1v) is 5.14. The molecule has 0 saturated carbocycles. The third-order valence-electron chi connectivity index (χ3n) is 2.34. The van der Waals surface area contributed by atoms with Crippen molar-refractivity contribution in [1.82, 2.24) is 14.8 Å². The average Bonchev–Trinajstić information content (AvgIpc) is 2.63. The minimum absolute atomic E-state index is 0.185. The van der Waals surface area contributed by atoms with Gasteiger partial charge in [0.15, 0.2) is 5.82 Å². The first-order chi connectivity index (χ1) is 7.63. The Kier molecular flexibility index (Phi) is 2.80. The van der Waals surface area contributed by atoms with Crippen LogP contribution in [0.3, 0.4) is 0 Å². The summed E-state index contributed by atoms with van der Waals surface area (Å²) >= 11 is 5.90. The second kappa shape index (κ2) is 4.11. The molecule has 0 radical (unpaired) electrons. The van der Waals surface area contributed by atoms with Gasteiger partial charge in [-0.1, -0.05) is 17.7 Å². The van der Waals surface area contributed by atoms with Crippen LogP contribution in [0, 0.1) is 6.92 Å². The van der Waals surface area contributed by atoms with E-state index in [1.54, 1.807) is 12.1 Å². The number of halogens is 1. The lowest BCUT2D eigenvalue weighted by atomic mass is 10.2. The minimum Gasteiger partial charge on any atom is -0.324 e. The van der Waals surface area contributed by atoms with Crippen molar-refractivity contribution in [1.29, 1.82) is 0 Å². The van der Waals surface area contributed by atoms with E-state index in [9.17, 15) is 4.79 Å². The van der Waals surface area contributed by atoms with Gasteiger partial charge in [0.25, 0.3) is 0 Å². The molecule has 0 unspecified atom stereocenters. The Hall–Kier alpha value is -1.59. The number of nitrogens with one attached hydrogen (secondary N) is 1. The molecule has 1 aromatic carbocycles. The monoisotopic (exact) mass is 238 g/mol. The standard InChI is InChI=1S/C10H11ClN4O/c1-6-2-3-7(11)4-8(6)15-9(5-12)13-14-10(15)16/h2-4H,5,12H2,1H3,(H,14,16). The van der Waals surface area contributed by atoms with Crippen LogP contribution in [0.4, 0.5) is 0 Å². The number of hydrogen-bond acceptors (Lipinski definition) is 3. The molecule has 0 spiro atoms. The lowest BCUT2D eigenvalue weighted by Crippen LogP contribution is -2.19. The van der Waals surface area contributed by atoms with Crippen molar-refractivity contribution in [3.8, 4) is 5.69 Å². The highest BCUT2D eigenvalue weighted by atomic mass is 35.5. The fraction of sp³-hybridized carbons (Fsp3) is 0.200. The van der Waals surface area contributed by atoms with Gasteiger partial charge in [0.2, 0.25) is 0 Å². The van der Waals surface area contributed by atoms with E-state index in [1.165, 1.54) is 4.57 Å². The zero-order chi connectivity index (χ0) is 11.7. The van der Waals surface area contributed by atoms with E-state index in [-0.39, 0.29) is 12.2 Å². The van der Waals surface area contributed by atoms with E-state index >= 15 is 0 Å². The van der Waals surface area contributed by atoms with E-state index in [1.807, 2.05) is 13.0 Å². The van der Waals surface area contributed by atoms with Crippen molar-refractivity contribution in [2.45, 2.75) is 13.5 Å². The molecule has 2 aromatic rings. The van der Waals surface area contributed by atoms with Gasteiger partial charge in [0.05, 0.1) is 12.2 Å². The summed E-state index contributed by atoms with van der Waals surface area (Å²) in [7, 11) is 0. The summed E-state index contributed by atoms with van der Waals surface area (Å²) in [6.07, 6.45) is 0. The molecule has 0 aliphatic rings. The van der Waals surface area contributed by atoms with Crippen molar-refractivity contribution in [2.24, 2.45) is 5.73 Å². The molecular weight excluding hydrogens is 228 g/mol. The second-order valence-electron chi connectivity index (χ2n) is 3.42. The lowest BCUT2D eigenvalue weighted by molar-refractivity contribution is 0.847. The molecule has 0 bridgehead atoms. The molecule has 0 saturated heterocycles. The molecule has 0 amide bonds. The van der Waals surface area contributed by atoms with Crippen LogP contribution in [0.2, 0.25) is 5.02 Å². The Balaban J connectivity index is 2.71. The summed E-state index contributed by atoms with van der Waals surface area (Å²) in [6.45, 7) is 2.08. The van der Waals surface area contributed by atoms with Crippen LogP contribution in [0.1, 0.15) is 11.4 Å². The first kappa shape index (κ1) is 10.9. The topological polar surface area (TPSA) is 76.7 Å². The number of nitrogens with zero attached hydrogens (tertiary/aromatic N) is 2. The van der Waals surface area contributed by atoms with Gasteiger partial charge in [-0.3, -0.25) is 0 Å². The Bertz CT molecular complexity index is 572. The van der Waals surface area contributed by atoms with Crippen molar-refractivity contribution >= 4 is 11.6 Å². The van der Waals surface area contributed by atoms with E-state index in [4.69, 9.17) is 17.3 Å². The highest BCUT2D eigenvalue weighted by Crippen LogP contribution is 2.18. The van der Waals surface area contributed by atoms with Crippen molar-refractivity contribution in [3.63, 3.8) is 0 Å². The summed E-state index contributed by atoms with van der Waals surface area (Å²) in [5.41, 5.74) is 6.83. The molecule has 0 atom stereocenters. The van der Waals surface area contributed by atoms with E-state index < -0.39 is 0 Å². The Morgan fingerprint density at radius 2 is 2.31 bits per heavy atom. The van der Waals surface area contributed by atoms with Crippen molar-refractivity contribution in [2.75, 3.05) is 0 Å². The Morgan fingerprint density at radius 1 is 1.56 bits per heavy atom. The van der Waals surface area contributed by atoms with Crippen LogP contribution in [0.15, 0.2) is 23.0 Å². The smallest absolute Gasteiger partial charge is 0.324 e. The van der Waals surface area contributed by atoms with Gasteiger partial charge in [-0.2, -0.15) is 5.10 Å². The van der Waals surface area contributed by atoms with E-state index in [0.29, 0.717) is 16.5 Å². The molecule has 1 aromatic heterocycles. The molecule has 3 N–H and O–H groups in total. The molecule has 1 heterocycles. The molecule has 16 heavy (non-hydrogen) atoms. The van der Waals surface area contributed by atoms with Gasteiger partial charge in [0.1, 0.15) is 0 Å². The Morgan fingerprint density at radius 3 is 3.00 bits per heavy atom. The molecule has 6 heteroatoms. The fourth-order valence-corrected chi connectivity index (χ4v) is 1.70. The predicted molar refractivity (Wildman–Crippen MR) is 61.8 cm³/mol. The molecular formula is C10H11ClN4O. The predicted octanol–water partition coefficient (Wildman–Crippen LogP) is 0.981. The second-order valence-corrected chi connectivity index (χ2v) is 3.85. The van der Waals surface area contributed by atoms with Crippen LogP contribution in [-0.2, 0) is 6.54 Å². The molecule has 0 aliphatic heterocycles. The summed E-state index contributed by atoms with van der Waals surface area (Å²) in [5, 5.41) is 6.77.